The lowest BCUT2D eigenvalue weighted by Crippen LogP contribution is -2.34. The number of hydrogen-bond donors (Lipinski definition) is 1. The van der Waals surface area contributed by atoms with Gasteiger partial charge in [-0.15, -0.1) is 0 Å². The molecule has 0 bridgehead atoms. The van der Waals surface area contributed by atoms with Crippen molar-refractivity contribution in [2.24, 2.45) is 5.92 Å². The average Bonchev–Trinajstić information content (AvgIpc) is 2.50. The minimum atomic E-state index is -0.133. The Hall–Kier alpha value is -1.26. The van der Waals surface area contributed by atoms with Crippen LogP contribution < -0.4 is 9.47 Å². The van der Waals surface area contributed by atoms with Crippen LogP contribution in [0.2, 0.25) is 0 Å². The fourth-order valence-electron chi connectivity index (χ4n) is 3.27. The third-order valence-electron chi connectivity index (χ3n) is 4.40. The Kier molecular flexibility index (Phi) is 6.52. The van der Waals surface area contributed by atoms with Gasteiger partial charge in [0, 0.05) is 13.1 Å². The van der Waals surface area contributed by atoms with Crippen molar-refractivity contribution in [3.8, 4) is 11.5 Å². The molecule has 1 aromatic rings. The Morgan fingerprint density at radius 1 is 1.23 bits per heavy atom. The van der Waals surface area contributed by atoms with Crippen molar-refractivity contribution in [3.63, 3.8) is 0 Å². The van der Waals surface area contributed by atoms with E-state index in [1.807, 2.05) is 13.0 Å². The monoisotopic (exact) mass is 307 g/mol. The summed E-state index contributed by atoms with van der Waals surface area (Å²) in [5.41, 5.74) is 1.21. The van der Waals surface area contributed by atoms with Crippen LogP contribution in [0.1, 0.15) is 38.2 Å². The number of aliphatic hydroxyl groups excluding tert-OH is 1. The van der Waals surface area contributed by atoms with Crippen LogP contribution in [-0.2, 0) is 6.54 Å². The lowest BCUT2D eigenvalue weighted by atomic mass is 9.86. The van der Waals surface area contributed by atoms with E-state index in [0.29, 0.717) is 12.5 Å². The van der Waals surface area contributed by atoms with E-state index in [4.69, 9.17) is 9.47 Å². The first-order valence-corrected chi connectivity index (χ1v) is 8.30. The highest BCUT2D eigenvalue weighted by atomic mass is 16.5. The molecule has 124 valence electrons. The first-order chi connectivity index (χ1) is 10.6. The number of ether oxygens (including phenoxy) is 2. The van der Waals surface area contributed by atoms with Crippen molar-refractivity contribution in [2.45, 2.75) is 45.3 Å². The van der Waals surface area contributed by atoms with Gasteiger partial charge in [-0.3, -0.25) is 0 Å². The van der Waals surface area contributed by atoms with Gasteiger partial charge in [0.05, 0.1) is 19.8 Å². The number of benzene rings is 1. The number of nitrogens with zero attached hydrogens (tertiary/aromatic N) is 1. The molecule has 0 aromatic heterocycles. The second kappa shape index (κ2) is 8.39. The molecule has 0 spiro atoms. The number of rotatable bonds is 7. The van der Waals surface area contributed by atoms with Crippen molar-refractivity contribution in [2.75, 3.05) is 27.3 Å². The summed E-state index contributed by atoms with van der Waals surface area (Å²) in [6.07, 6.45) is 4.36. The summed E-state index contributed by atoms with van der Waals surface area (Å²) >= 11 is 0. The van der Waals surface area contributed by atoms with Crippen LogP contribution >= 0.6 is 0 Å². The van der Waals surface area contributed by atoms with E-state index < -0.39 is 0 Å². The van der Waals surface area contributed by atoms with Crippen LogP contribution in [0.15, 0.2) is 18.2 Å². The highest BCUT2D eigenvalue weighted by Gasteiger charge is 2.24. The highest BCUT2D eigenvalue weighted by molar-refractivity contribution is 5.42. The molecule has 2 atom stereocenters. The normalized spacial score (nSPS) is 21.9. The third-order valence-corrected chi connectivity index (χ3v) is 4.40. The molecule has 2 unspecified atom stereocenters. The molecule has 1 aliphatic rings. The molecular formula is C18H29NO3. The summed E-state index contributed by atoms with van der Waals surface area (Å²) < 4.78 is 11.0. The van der Waals surface area contributed by atoms with Crippen LogP contribution in [0.4, 0.5) is 0 Å². The predicted molar refractivity (Wildman–Crippen MR) is 88.5 cm³/mol. The SMILES string of the molecule is CCOc1cc(CN(C)CC2CCCCC2O)ccc1OC. The summed E-state index contributed by atoms with van der Waals surface area (Å²) in [5, 5.41) is 10.1. The standard InChI is InChI=1S/C18H29NO3/c1-4-22-18-11-14(9-10-17(18)21-3)12-19(2)13-15-7-5-6-8-16(15)20/h9-11,15-16,20H,4-8,12-13H2,1-3H3. The molecule has 1 saturated carbocycles. The van der Waals surface area contributed by atoms with Crippen LogP contribution in [0.3, 0.4) is 0 Å². The molecule has 1 N–H and O–H groups in total. The first kappa shape index (κ1) is 17.1. The quantitative estimate of drug-likeness (QED) is 0.840. The molecule has 0 aliphatic heterocycles. The molecule has 1 fully saturated rings. The van der Waals surface area contributed by atoms with Gasteiger partial charge in [-0.25, -0.2) is 0 Å². The van der Waals surface area contributed by atoms with E-state index in [1.165, 1.54) is 12.0 Å². The van der Waals surface area contributed by atoms with Crippen molar-refractivity contribution >= 4 is 0 Å². The van der Waals surface area contributed by atoms with Gasteiger partial charge in [-0.2, -0.15) is 0 Å². The van der Waals surface area contributed by atoms with Gasteiger partial charge in [-0.1, -0.05) is 18.9 Å². The minimum absolute atomic E-state index is 0.133. The summed E-state index contributed by atoms with van der Waals surface area (Å²) in [4.78, 5) is 2.29. The Balaban J connectivity index is 1.95. The fourth-order valence-corrected chi connectivity index (χ4v) is 3.27. The van der Waals surface area contributed by atoms with Crippen LogP contribution in [0.25, 0.3) is 0 Å². The second-order valence-electron chi connectivity index (χ2n) is 6.23. The lowest BCUT2D eigenvalue weighted by molar-refractivity contribution is 0.0501. The van der Waals surface area contributed by atoms with Crippen molar-refractivity contribution in [3.05, 3.63) is 23.8 Å². The summed E-state index contributed by atoms with van der Waals surface area (Å²) in [6.45, 7) is 4.40. The maximum Gasteiger partial charge on any atom is 0.161 e. The van der Waals surface area contributed by atoms with Crippen LogP contribution in [-0.4, -0.2) is 43.4 Å². The van der Waals surface area contributed by atoms with Gasteiger partial charge in [0.15, 0.2) is 11.5 Å². The average molecular weight is 307 g/mol. The third kappa shape index (κ3) is 4.62. The van der Waals surface area contributed by atoms with E-state index in [2.05, 4.69) is 24.1 Å². The van der Waals surface area contributed by atoms with Crippen LogP contribution in [0.5, 0.6) is 11.5 Å². The predicted octanol–water partition coefficient (Wildman–Crippen LogP) is 3.08. The molecule has 4 heteroatoms. The topological polar surface area (TPSA) is 41.9 Å². The molecule has 0 saturated heterocycles. The van der Waals surface area contributed by atoms with Gasteiger partial charge >= 0.3 is 0 Å². The van der Waals surface area contributed by atoms with Gasteiger partial charge in [0.1, 0.15) is 0 Å². The van der Waals surface area contributed by atoms with Gasteiger partial charge in [-0.05, 0) is 50.4 Å². The number of aliphatic hydroxyl groups is 1. The molecule has 22 heavy (non-hydrogen) atoms. The molecule has 4 nitrogen and oxygen atoms in total. The largest absolute Gasteiger partial charge is 0.493 e. The van der Waals surface area contributed by atoms with Crippen molar-refractivity contribution < 1.29 is 14.6 Å². The van der Waals surface area contributed by atoms with Crippen LogP contribution in [0, 0.1) is 5.92 Å². The molecule has 2 rings (SSSR count). The summed E-state index contributed by atoms with van der Waals surface area (Å²) in [7, 11) is 3.78. The summed E-state index contributed by atoms with van der Waals surface area (Å²) in [6, 6.07) is 6.09. The van der Waals surface area contributed by atoms with Gasteiger partial charge < -0.3 is 19.5 Å². The zero-order valence-electron chi connectivity index (χ0n) is 14.0. The zero-order valence-corrected chi connectivity index (χ0v) is 14.0. The number of hydrogen-bond acceptors (Lipinski definition) is 4. The Labute approximate surface area is 134 Å². The van der Waals surface area contributed by atoms with E-state index in [9.17, 15) is 5.11 Å². The molecule has 0 amide bonds. The maximum absolute atomic E-state index is 10.1. The highest BCUT2D eigenvalue weighted by Crippen LogP contribution is 2.29. The maximum atomic E-state index is 10.1. The van der Waals surface area contributed by atoms with E-state index in [1.54, 1.807) is 7.11 Å². The Bertz CT molecular complexity index is 464. The van der Waals surface area contributed by atoms with Crippen molar-refractivity contribution in [1.29, 1.82) is 0 Å². The minimum Gasteiger partial charge on any atom is -0.493 e. The molecular weight excluding hydrogens is 278 g/mol. The smallest absolute Gasteiger partial charge is 0.161 e. The van der Waals surface area contributed by atoms with E-state index in [0.717, 1.165) is 43.9 Å². The van der Waals surface area contributed by atoms with Gasteiger partial charge in [0.2, 0.25) is 0 Å². The van der Waals surface area contributed by atoms with Crippen molar-refractivity contribution in [1.82, 2.24) is 4.90 Å². The Morgan fingerprint density at radius 3 is 2.68 bits per heavy atom. The van der Waals surface area contributed by atoms with Gasteiger partial charge in [0.25, 0.3) is 0 Å². The molecule has 0 radical (unpaired) electrons. The number of methoxy groups -OCH3 is 1. The second-order valence-corrected chi connectivity index (χ2v) is 6.23. The lowest BCUT2D eigenvalue weighted by Gasteiger charge is -2.31. The van der Waals surface area contributed by atoms with E-state index in [-0.39, 0.29) is 6.10 Å². The first-order valence-electron chi connectivity index (χ1n) is 8.30. The zero-order chi connectivity index (χ0) is 15.9. The fraction of sp³-hybridized carbons (Fsp3) is 0.667. The molecule has 1 aliphatic carbocycles. The molecule has 1 aromatic carbocycles. The Morgan fingerprint density at radius 2 is 2.00 bits per heavy atom. The molecule has 0 heterocycles. The van der Waals surface area contributed by atoms with E-state index >= 15 is 0 Å². The summed E-state index contributed by atoms with van der Waals surface area (Å²) in [5.74, 6) is 1.98.